The number of hydrogen-bond donors (Lipinski definition) is 0. The topological polar surface area (TPSA) is 81.4 Å². The maximum Gasteiger partial charge on any atom is 0.276 e. The van der Waals surface area contributed by atoms with E-state index >= 15 is 0 Å². The number of nitrogens with zero attached hydrogens (tertiary/aromatic N) is 4. The Morgan fingerprint density at radius 1 is 1.43 bits per heavy atom. The van der Waals surface area contributed by atoms with Gasteiger partial charge in [0.25, 0.3) is 5.91 Å². The van der Waals surface area contributed by atoms with E-state index in [0.29, 0.717) is 30.4 Å². The Bertz CT molecular complexity index is 606. The van der Waals surface area contributed by atoms with Crippen molar-refractivity contribution in [2.45, 2.75) is 25.9 Å². The van der Waals surface area contributed by atoms with Crippen molar-refractivity contribution in [3.63, 3.8) is 0 Å². The van der Waals surface area contributed by atoms with Crippen LogP contribution in [0.5, 0.6) is 5.88 Å². The molecule has 1 saturated heterocycles. The van der Waals surface area contributed by atoms with Crippen LogP contribution in [0.4, 0.5) is 0 Å². The van der Waals surface area contributed by atoms with Crippen molar-refractivity contribution in [2.24, 2.45) is 0 Å². The van der Waals surface area contributed by atoms with Crippen LogP contribution in [0.2, 0.25) is 0 Å². The number of carbonyl (C=O) groups is 1. The molecule has 3 rings (SSSR count). The standard InChI is InChI=1S/C14H16N4O3/c1-10-9-12(17-21-10)14(19)18-7-4-11(5-8-18)20-13-3-2-6-15-16-13/h2-3,6,9,11H,4-5,7-8H2,1H3. The molecule has 2 aromatic heterocycles. The lowest BCUT2D eigenvalue weighted by Gasteiger charge is -2.31. The molecule has 1 fully saturated rings. The Morgan fingerprint density at radius 2 is 2.24 bits per heavy atom. The van der Waals surface area contributed by atoms with Gasteiger partial charge >= 0.3 is 0 Å². The summed E-state index contributed by atoms with van der Waals surface area (Å²) in [5, 5.41) is 11.4. The summed E-state index contributed by atoms with van der Waals surface area (Å²) in [5.41, 5.74) is 0.362. The van der Waals surface area contributed by atoms with Crippen molar-refractivity contribution in [1.29, 1.82) is 0 Å². The summed E-state index contributed by atoms with van der Waals surface area (Å²) in [6.07, 6.45) is 3.19. The fourth-order valence-corrected chi connectivity index (χ4v) is 2.33. The van der Waals surface area contributed by atoms with Gasteiger partial charge in [-0.15, -0.1) is 5.10 Å². The van der Waals surface area contributed by atoms with Crippen molar-refractivity contribution in [2.75, 3.05) is 13.1 Å². The van der Waals surface area contributed by atoms with Crippen LogP contribution >= 0.6 is 0 Å². The smallest absolute Gasteiger partial charge is 0.276 e. The number of likely N-dealkylation sites (tertiary alicyclic amines) is 1. The van der Waals surface area contributed by atoms with Crippen molar-refractivity contribution in [3.8, 4) is 5.88 Å². The zero-order chi connectivity index (χ0) is 14.7. The van der Waals surface area contributed by atoms with Crippen LogP contribution in [0.3, 0.4) is 0 Å². The van der Waals surface area contributed by atoms with Crippen LogP contribution < -0.4 is 4.74 Å². The largest absolute Gasteiger partial charge is 0.473 e. The summed E-state index contributed by atoms with van der Waals surface area (Å²) in [5.74, 6) is 1.07. The molecule has 0 spiro atoms. The minimum Gasteiger partial charge on any atom is -0.473 e. The SMILES string of the molecule is Cc1cc(C(=O)N2CCC(Oc3cccnn3)CC2)no1. The quantitative estimate of drug-likeness (QED) is 0.850. The van der Waals surface area contributed by atoms with E-state index in [1.54, 1.807) is 36.2 Å². The Kier molecular flexibility index (Phi) is 3.81. The summed E-state index contributed by atoms with van der Waals surface area (Å²) in [6, 6.07) is 5.22. The number of rotatable bonds is 3. The molecule has 21 heavy (non-hydrogen) atoms. The number of ether oxygens (including phenoxy) is 1. The molecule has 0 aliphatic carbocycles. The van der Waals surface area contributed by atoms with Gasteiger partial charge in [0, 0.05) is 44.3 Å². The number of hydrogen-bond acceptors (Lipinski definition) is 6. The predicted molar refractivity (Wildman–Crippen MR) is 72.8 cm³/mol. The number of aryl methyl sites for hydroxylation is 1. The van der Waals surface area contributed by atoms with E-state index in [9.17, 15) is 4.79 Å². The van der Waals surface area contributed by atoms with Crippen LogP contribution in [0, 0.1) is 6.92 Å². The first-order valence-corrected chi connectivity index (χ1v) is 6.89. The first-order valence-electron chi connectivity index (χ1n) is 6.89. The zero-order valence-corrected chi connectivity index (χ0v) is 11.7. The Balaban J connectivity index is 1.54. The predicted octanol–water partition coefficient (Wildman–Crippen LogP) is 1.46. The Morgan fingerprint density at radius 3 is 2.86 bits per heavy atom. The first kappa shape index (κ1) is 13.5. The molecule has 1 aliphatic heterocycles. The average Bonchev–Trinajstić information content (AvgIpc) is 2.95. The number of carbonyl (C=O) groups excluding carboxylic acids is 1. The van der Waals surface area contributed by atoms with Gasteiger partial charge in [0.1, 0.15) is 11.9 Å². The average molecular weight is 288 g/mol. The van der Waals surface area contributed by atoms with Crippen LogP contribution in [0.25, 0.3) is 0 Å². The van der Waals surface area contributed by atoms with Crippen molar-refractivity contribution < 1.29 is 14.1 Å². The molecule has 0 unspecified atom stereocenters. The molecule has 0 bridgehead atoms. The summed E-state index contributed by atoms with van der Waals surface area (Å²) in [4.78, 5) is 14.0. The maximum atomic E-state index is 12.2. The van der Waals surface area contributed by atoms with Gasteiger partial charge in [-0.05, 0) is 13.0 Å². The third-order valence-electron chi connectivity index (χ3n) is 3.41. The summed E-state index contributed by atoms with van der Waals surface area (Å²) < 4.78 is 10.7. The van der Waals surface area contributed by atoms with Gasteiger partial charge < -0.3 is 14.2 Å². The highest BCUT2D eigenvalue weighted by Crippen LogP contribution is 2.18. The summed E-state index contributed by atoms with van der Waals surface area (Å²) in [6.45, 7) is 3.04. The lowest BCUT2D eigenvalue weighted by Crippen LogP contribution is -2.42. The fraction of sp³-hybridized carbons (Fsp3) is 0.429. The number of amides is 1. The molecule has 2 aromatic rings. The van der Waals surface area contributed by atoms with Gasteiger partial charge in [0.05, 0.1) is 0 Å². The summed E-state index contributed by atoms with van der Waals surface area (Å²) in [7, 11) is 0. The third kappa shape index (κ3) is 3.18. The van der Waals surface area contributed by atoms with E-state index in [1.165, 1.54) is 0 Å². The molecule has 0 radical (unpaired) electrons. The van der Waals surface area contributed by atoms with Crippen molar-refractivity contribution in [3.05, 3.63) is 35.9 Å². The van der Waals surface area contributed by atoms with Crippen LogP contribution in [-0.4, -0.2) is 45.4 Å². The Labute approximate surface area is 121 Å². The van der Waals surface area contributed by atoms with Gasteiger partial charge in [0.2, 0.25) is 5.88 Å². The third-order valence-corrected chi connectivity index (χ3v) is 3.41. The van der Waals surface area contributed by atoms with E-state index in [-0.39, 0.29) is 12.0 Å². The van der Waals surface area contributed by atoms with Gasteiger partial charge in [-0.25, -0.2) is 0 Å². The van der Waals surface area contributed by atoms with Crippen LogP contribution in [0.15, 0.2) is 28.9 Å². The normalized spacial score (nSPS) is 16.0. The molecule has 1 aliphatic rings. The molecular formula is C14H16N4O3. The van der Waals surface area contributed by atoms with E-state index in [4.69, 9.17) is 9.26 Å². The van der Waals surface area contributed by atoms with Crippen LogP contribution in [0.1, 0.15) is 29.1 Å². The highest BCUT2D eigenvalue weighted by molar-refractivity contribution is 5.92. The maximum absolute atomic E-state index is 12.2. The number of piperidine rings is 1. The molecule has 0 aromatic carbocycles. The van der Waals surface area contributed by atoms with E-state index in [1.807, 2.05) is 0 Å². The molecule has 110 valence electrons. The van der Waals surface area contributed by atoms with Gasteiger partial charge in [-0.3, -0.25) is 4.79 Å². The highest BCUT2D eigenvalue weighted by atomic mass is 16.5. The second-order valence-electron chi connectivity index (χ2n) is 4.99. The summed E-state index contributed by atoms with van der Waals surface area (Å²) >= 11 is 0. The van der Waals surface area contributed by atoms with Crippen molar-refractivity contribution >= 4 is 5.91 Å². The molecule has 0 saturated carbocycles. The lowest BCUT2D eigenvalue weighted by atomic mass is 10.1. The number of aromatic nitrogens is 3. The molecule has 3 heterocycles. The molecule has 1 amide bonds. The fourth-order valence-electron chi connectivity index (χ4n) is 2.33. The van der Waals surface area contributed by atoms with E-state index < -0.39 is 0 Å². The van der Waals surface area contributed by atoms with E-state index in [2.05, 4.69) is 15.4 Å². The second kappa shape index (κ2) is 5.90. The molecular weight excluding hydrogens is 272 g/mol. The zero-order valence-electron chi connectivity index (χ0n) is 11.7. The Hall–Kier alpha value is -2.44. The molecule has 7 nitrogen and oxygen atoms in total. The van der Waals surface area contributed by atoms with Crippen molar-refractivity contribution in [1.82, 2.24) is 20.3 Å². The van der Waals surface area contributed by atoms with Gasteiger partial charge in [-0.2, -0.15) is 5.10 Å². The van der Waals surface area contributed by atoms with Gasteiger partial charge in [-0.1, -0.05) is 5.16 Å². The monoisotopic (exact) mass is 288 g/mol. The van der Waals surface area contributed by atoms with Gasteiger partial charge in [0.15, 0.2) is 5.69 Å². The molecule has 7 heteroatoms. The first-order chi connectivity index (χ1) is 10.2. The highest BCUT2D eigenvalue weighted by Gasteiger charge is 2.26. The minimum atomic E-state index is -0.0928. The van der Waals surface area contributed by atoms with E-state index in [0.717, 1.165) is 12.8 Å². The second-order valence-corrected chi connectivity index (χ2v) is 4.99. The molecule has 0 atom stereocenters. The minimum absolute atomic E-state index is 0.0600. The molecule has 0 N–H and O–H groups in total. The van der Waals surface area contributed by atoms with Crippen LogP contribution in [-0.2, 0) is 0 Å². The lowest BCUT2D eigenvalue weighted by molar-refractivity contribution is 0.0577.